The Kier molecular flexibility index (Phi) is 2.64. The van der Waals surface area contributed by atoms with Crippen LogP contribution in [0.5, 0.6) is 0 Å². The fourth-order valence-corrected chi connectivity index (χ4v) is 1.59. The average Bonchev–Trinajstić information content (AvgIpc) is 2.73. The van der Waals surface area contributed by atoms with Gasteiger partial charge >= 0.3 is 0 Å². The van der Waals surface area contributed by atoms with Gasteiger partial charge < -0.3 is 20.9 Å². The zero-order chi connectivity index (χ0) is 11.7. The van der Waals surface area contributed by atoms with E-state index in [-0.39, 0.29) is 0 Å². The maximum atomic E-state index is 10.7. The minimum Gasteiger partial charge on any atom is -0.385 e. The number of aliphatic hydroxyl groups excluding tert-OH is 2. The number of nitrogens with one attached hydrogen (secondary N) is 1. The Morgan fingerprint density at radius 2 is 2.06 bits per heavy atom. The lowest BCUT2D eigenvalue weighted by molar-refractivity contribution is -0.131. The molecule has 5 nitrogen and oxygen atoms in total. The molecule has 0 aliphatic carbocycles. The SMILES string of the molecule is NC(=O)C(O)C(O)c1ccc2cc[nH]c2c1. The third kappa shape index (κ3) is 1.78. The van der Waals surface area contributed by atoms with Crippen LogP contribution < -0.4 is 5.73 Å². The lowest BCUT2D eigenvalue weighted by Gasteiger charge is -2.14. The predicted octanol–water partition coefficient (Wildman–Crippen LogP) is 0.0475. The molecular weight excluding hydrogens is 208 g/mol. The molecule has 84 valence electrons. The first kappa shape index (κ1) is 10.7. The Hall–Kier alpha value is -1.85. The van der Waals surface area contributed by atoms with Crippen LogP contribution in [0.2, 0.25) is 0 Å². The minimum absolute atomic E-state index is 0.446. The van der Waals surface area contributed by atoms with E-state index in [1.807, 2.05) is 6.07 Å². The summed E-state index contributed by atoms with van der Waals surface area (Å²) >= 11 is 0. The van der Waals surface area contributed by atoms with E-state index in [1.165, 1.54) is 0 Å². The molecule has 0 saturated carbocycles. The number of rotatable bonds is 3. The maximum Gasteiger partial charge on any atom is 0.249 e. The molecule has 2 unspecified atom stereocenters. The summed E-state index contributed by atoms with van der Waals surface area (Å²) in [6.45, 7) is 0. The van der Waals surface area contributed by atoms with Gasteiger partial charge in [0.15, 0.2) is 6.10 Å². The second-order valence-corrected chi connectivity index (χ2v) is 3.62. The predicted molar refractivity (Wildman–Crippen MR) is 58.5 cm³/mol. The quantitative estimate of drug-likeness (QED) is 0.588. The van der Waals surface area contributed by atoms with Gasteiger partial charge in [-0.3, -0.25) is 4.79 Å². The summed E-state index contributed by atoms with van der Waals surface area (Å²) in [6, 6.07) is 6.99. The number of fused-ring (bicyclic) bond motifs is 1. The summed E-state index contributed by atoms with van der Waals surface area (Å²) in [6.07, 6.45) is -1.12. The first-order valence-electron chi connectivity index (χ1n) is 4.82. The summed E-state index contributed by atoms with van der Waals surface area (Å²) < 4.78 is 0. The Bertz CT molecular complexity index is 521. The number of primary amides is 1. The van der Waals surface area contributed by atoms with Gasteiger partial charge in [-0.2, -0.15) is 0 Å². The van der Waals surface area contributed by atoms with Crippen molar-refractivity contribution >= 4 is 16.8 Å². The molecule has 0 spiro atoms. The molecular formula is C11H12N2O3. The number of carbonyl (C=O) groups excluding carboxylic acids is 1. The van der Waals surface area contributed by atoms with Crippen LogP contribution in [0.15, 0.2) is 30.5 Å². The first-order valence-corrected chi connectivity index (χ1v) is 4.82. The molecule has 2 rings (SSSR count). The van der Waals surface area contributed by atoms with E-state index >= 15 is 0 Å². The number of aromatic nitrogens is 1. The number of carbonyl (C=O) groups is 1. The Balaban J connectivity index is 2.35. The number of benzene rings is 1. The number of hydrogen-bond donors (Lipinski definition) is 4. The Morgan fingerprint density at radius 1 is 1.31 bits per heavy atom. The van der Waals surface area contributed by atoms with Crippen molar-refractivity contribution in [3.8, 4) is 0 Å². The van der Waals surface area contributed by atoms with Crippen molar-refractivity contribution in [3.63, 3.8) is 0 Å². The van der Waals surface area contributed by atoms with Crippen molar-refractivity contribution in [3.05, 3.63) is 36.0 Å². The summed E-state index contributed by atoms with van der Waals surface area (Å²) in [5.74, 6) is -0.945. The molecule has 1 aromatic heterocycles. The molecule has 0 aliphatic rings. The van der Waals surface area contributed by atoms with Gasteiger partial charge in [-0.1, -0.05) is 12.1 Å². The van der Waals surface area contributed by atoms with Crippen molar-refractivity contribution in [1.29, 1.82) is 0 Å². The highest BCUT2D eigenvalue weighted by molar-refractivity contribution is 5.81. The topological polar surface area (TPSA) is 99.3 Å². The van der Waals surface area contributed by atoms with Gasteiger partial charge in [-0.05, 0) is 23.1 Å². The Labute approximate surface area is 91.5 Å². The molecule has 5 N–H and O–H groups in total. The van der Waals surface area contributed by atoms with Crippen LogP contribution >= 0.6 is 0 Å². The van der Waals surface area contributed by atoms with E-state index in [9.17, 15) is 15.0 Å². The number of nitrogens with two attached hydrogens (primary N) is 1. The summed E-state index contributed by atoms with van der Waals surface area (Å²) in [5.41, 5.74) is 6.18. The molecule has 5 heteroatoms. The standard InChI is InChI=1S/C11H12N2O3/c12-11(16)10(15)9(14)7-2-1-6-3-4-13-8(6)5-7/h1-5,9-10,13-15H,(H2,12,16). The van der Waals surface area contributed by atoms with E-state index < -0.39 is 18.1 Å². The maximum absolute atomic E-state index is 10.7. The van der Waals surface area contributed by atoms with E-state index in [4.69, 9.17) is 5.73 Å². The van der Waals surface area contributed by atoms with E-state index in [0.717, 1.165) is 10.9 Å². The van der Waals surface area contributed by atoms with Gasteiger partial charge in [0.2, 0.25) is 5.91 Å². The van der Waals surface area contributed by atoms with E-state index in [1.54, 1.807) is 24.4 Å². The monoisotopic (exact) mass is 220 g/mol. The fourth-order valence-electron chi connectivity index (χ4n) is 1.59. The number of H-pyrrole nitrogens is 1. The zero-order valence-electron chi connectivity index (χ0n) is 8.42. The minimum atomic E-state index is -1.59. The number of aliphatic hydroxyl groups is 2. The highest BCUT2D eigenvalue weighted by Crippen LogP contribution is 2.21. The summed E-state index contributed by atoms with van der Waals surface area (Å²) in [7, 11) is 0. The Morgan fingerprint density at radius 3 is 2.75 bits per heavy atom. The van der Waals surface area contributed by atoms with Crippen molar-refractivity contribution in [1.82, 2.24) is 4.98 Å². The number of amides is 1. The van der Waals surface area contributed by atoms with Gasteiger partial charge in [0.25, 0.3) is 0 Å². The molecule has 2 atom stereocenters. The molecule has 0 fully saturated rings. The third-order valence-corrected chi connectivity index (χ3v) is 2.51. The summed E-state index contributed by atoms with van der Waals surface area (Å²) in [5, 5.41) is 20.0. The largest absolute Gasteiger partial charge is 0.385 e. The molecule has 0 radical (unpaired) electrons. The van der Waals surface area contributed by atoms with Crippen molar-refractivity contribution < 1.29 is 15.0 Å². The molecule has 0 saturated heterocycles. The van der Waals surface area contributed by atoms with Gasteiger partial charge in [0.1, 0.15) is 6.10 Å². The molecule has 16 heavy (non-hydrogen) atoms. The third-order valence-electron chi connectivity index (χ3n) is 2.51. The fraction of sp³-hybridized carbons (Fsp3) is 0.182. The zero-order valence-corrected chi connectivity index (χ0v) is 8.42. The smallest absolute Gasteiger partial charge is 0.249 e. The molecule has 1 heterocycles. The van der Waals surface area contributed by atoms with E-state index in [0.29, 0.717) is 5.56 Å². The van der Waals surface area contributed by atoms with Gasteiger partial charge in [0, 0.05) is 11.7 Å². The van der Waals surface area contributed by atoms with Crippen LogP contribution in [0, 0.1) is 0 Å². The van der Waals surface area contributed by atoms with Crippen LogP contribution in [0.3, 0.4) is 0 Å². The molecule has 0 aliphatic heterocycles. The number of hydrogen-bond acceptors (Lipinski definition) is 3. The molecule has 1 amide bonds. The van der Waals surface area contributed by atoms with Crippen LogP contribution in [0.4, 0.5) is 0 Å². The summed E-state index contributed by atoms with van der Waals surface area (Å²) in [4.78, 5) is 13.7. The first-order chi connectivity index (χ1) is 7.59. The van der Waals surface area contributed by atoms with Gasteiger partial charge in [0.05, 0.1) is 0 Å². The van der Waals surface area contributed by atoms with Gasteiger partial charge in [-0.15, -0.1) is 0 Å². The molecule has 0 bridgehead atoms. The lowest BCUT2D eigenvalue weighted by atomic mass is 10.0. The lowest BCUT2D eigenvalue weighted by Crippen LogP contribution is -2.33. The highest BCUT2D eigenvalue weighted by atomic mass is 16.3. The molecule has 2 aromatic rings. The van der Waals surface area contributed by atoms with Gasteiger partial charge in [-0.25, -0.2) is 0 Å². The number of aromatic amines is 1. The molecule has 1 aromatic carbocycles. The van der Waals surface area contributed by atoms with Crippen LogP contribution in [-0.2, 0) is 4.79 Å². The second-order valence-electron chi connectivity index (χ2n) is 3.62. The van der Waals surface area contributed by atoms with E-state index in [2.05, 4.69) is 4.98 Å². The average molecular weight is 220 g/mol. The van der Waals surface area contributed by atoms with Crippen LogP contribution in [0.1, 0.15) is 11.7 Å². The van der Waals surface area contributed by atoms with Crippen LogP contribution in [0.25, 0.3) is 10.9 Å². The van der Waals surface area contributed by atoms with Crippen LogP contribution in [-0.4, -0.2) is 27.2 Å². The highest BCUT2D eigenvalue weighted by Gasteiger charge is 2.23. The van der Waals surface area contributed by atoms with Crippen molar-refractivity contribution in [2.45, 2.75) is 12.2 Å². The normalized spacial score (nSPS) is 14.9. The van der Waals surface area contributed by atoms with Crippen molar-refractivity contribution in [2.24, 2.45) is 5.73 Å². The second kappa shape index (κ2) is 3.96. The van der Waals surface area contributed by atoms with Crippen molar-refractivity contribution in [2.75, 3.05) is 0 Å².